The summed E-state index contributed by atoms with van der Waals surface area (Å²) in [6.07, 6.45) is 0.00323. The molecule has 0 fully saturated rings. The Morgan fingerprint density at radius 3 is 2.44 bits per heavy atom. The third kappa shape index (κ3) is 5.72. The molecule has 1 amide bonds. The fourth-order valence-corrected chi connectivity index (χ4v) is 5.40. The van der Waals surface area contributed by atoms with Gasteiger partial charge in [0.25, 0.3) is 15.6 Å². The zero-order valence-corrected chi connectivity index (χ0v) is 22.3. The van der Waals surface area contributed by atoms with Crippen LogP contribution in [0.3, 0.4) is 0 Å². The van der Waals surface area contributed by atoms with E-state index in [1.54, 1.807) is 20.8 Å². The van der Waals surface area contributed by atoms with Gasteiger partial charge in [0.05, 0.1) is 23.0 Å². The Bertz CT molecular complexity index is 1740. The Hall–Kier alpha value is -4.39. The number of anilines is 1. The number of carboxylic acid groups (broad SMARTS) is 1. The first kappa shape index (κ1) is 27.6. The molecule has 2 aromatic carbocycles. The molecule has 1 atom stereocenters. The second-order valence-electron chi connectivity index (χ2n) is 9.90. The van der Waals surface area contributed by atoms with Crippen molar-refractivity contribution in [3.8, 4) is 0 Å². The van der Waals surface area contributed by atoms with E-state index in [1.165, 1.54) is 43.6 Å². The lowest BCUT2D eigenvalue weighted by Crippen LogP contribution is -2.35. The van der Waals surface area contributed by atoms with Crippen LogP contribution in [0.25, 0.3) is 21.8 Å². The molecule has 4 N–H and O–H groups in total. The summed E-state index contributed by atoms with van der Waals surface area (Å²) in [5.74, 6) is -1.73. The van der Waals surface area contributed by atoms with Crippen molar-refractivity contribution in [3.05, 3.63) is 70.4 Å². The number of carboxylic acids is 1. The summed E-state index contributed by atoms with van der Waals surface area (Å²) in [7, 11) is -2.80. The van der Waals surface area contributed by atoms with Crippen molar-refractivity contribution < 1.29 is 32.2 Å². The zero-order valence-electron chi connectivity index (χ0n) is 21.5. The second kappa shape index (κ2) is 10.1. The highest BCUT2D eigenvalue weighted by molar-refractivity contribution is 7.92. The summed E-state index contributed by atoms with van der Waals surface area (Å²) in [4.78, 5) is 42.3. The van der Waals surface area contributed by atoms with E-state index in [0.29, 0.717) is 10.9 Å². The van der Waals surface area contributed by atoms with Gasteiger partial charge in [0.2, 0.25) is 0 Å². The van der Waals surface area contributed by atoms with Crippen LogP contribution in [0.4, 0.5) is 14.9 Å². The van der Waals surface area contributed by atoms with E-state index in [1.807, 2.05) is 0 Å². The van der Waals surface area contributed by atoms with E-state index >= 15 is 0 Å². The third-order valence-corrected chi connectivity index (χ3v) is 7.72. The van der Waals surface area contributed by atoms with Crippen LogP contribution >= 0.6 is 0 Å². The van der Waals surface area contributed by atoms with E-state index in [-0.39, 0.29) is 27.0 Å². The molecule has 11 nitrogen and oxygen atoms in total. The van der Waals surface area contributed by atoms with Crippen LogP contribution in [0.2, 0.25) is 0 Å². The molecule has 4 aromatic rings. The van der Waals surface area contributed by atoms with Gasteiger partial charge in [-0.15, -0.1) is 0 Å². The van der Waals surface area contributed by atoms with Gasteiger partial charge in [-0.25, -0.2) is 17.6 Å². The number of rotatable bonds is 7. The molecule has 4 rings (SSSR count). The maximum atomic E-state index is 13.4. The number of nitrogens with one attached hydrogen (secondary N) is 3. The quantitative estimate of drug-likeness (QED) is 0.266. The normalized spacial score (nSPS) is 12.8. The van der Waals surface area contributed by atoms with Crippen molar-refractivity contribution in [1.29, 1.82) is 0 Å². The predicted molar refractivity (Wildman–Crippen MR) is 143 cm³/mol. The van der Waals surface area contributed by atoms with Gasteiger partial charge in [0.15, 0.2) is 0 Å². The number of hydrogen-bond donors (Lipinski definition) is 4. The summed E-state index contributed by atoms with van der Waals surface area (Å²) in [5, 5.41) is 12.6. The van der Waals surface area contributed by atoms with Crippen LogP contribution in [0, 0.1) is 5.82 Å². The Morgan fingerprint density at radius 1 is 1.15 bits per heavy atom. The smallest absolute Gasteiger partial charge is 0.408 e. The van der Waals surface area contributed by atoms with Crippen LogP contribution < -0.4 is 15.2 Å². The Kier molecular flexibility index (Phi) is 7.13. The van der Waals surface area contributed by atoms with Crippen LogP contribution in [0.15, 0.2) is 58.4 Å². The number of sulfonamides is 1. The van der Waals surface area contributed by atoms with E-state index < -0.39 is 51.5 Å². The number of ether oxygens (including phenoxy) is 1. The first-order chi connectivity index (χ1) is 18.2. The number of alkyl carbamates (subject to hydrolysis) is 1. The first-order valence-electron chi connectivity index (χ1n) is 11.8. The summed E-state index contributed by atoms with van der Waals surface area (Å²) in [5.41, 5.74) is -0.510. The molecule has 13 heteroatoms. The Balaban J connectivity index is 1.87. The molecule has 206 valence electrons. The molecule has 0 aliphatic rings. The number of fused-ring (bicyclic) bond motifs is 3. The average molecular weight is 559 g/mol. The van der Waals surface area contributed by atoms with Crippen molar-refractivity contribution in [3.63, 3.8) is 0 Å². The summed E-state index contributed by atoms with van der Waals surface area (Å²) in [6, 6.07) is 7.92. The lowest BCUT2D eigenvalue weighted by Gasteiger charge is -2.23. The molecule has 0 aliphatic heterocycles. The minimum absolute atomic E-state index is 0.0697. The molecule has 0 bridgehead atoms. The van der Waals surface area contributed by atoms with Crippen molar-refractivity contribution in [2.75, 3.05) is 11.4 Å². The van der Waals surface area contributed by atoms with Crippen LogP contribution in [0.5, 0.6) is 0 Å². The molecule has 0 radical (unpaired) electrons. The van der Waals surface area contributed by atoms with E-state index in [0.717, 1.165) is 16.4 Å². The van der Waals surface area contributed by atoms with Crippen LogP contribution in [-0.2, 0) is 19.6 Å². The van der Waals surface area contributed by atoms with Crippen LogP contribution in [-0.4, -0.2) is 48.2 Å². The van der Waals surface area contributed by atoms with Crippen molar-refractivity contribution in [2.45, 2.75) is 43.7 Å². The molecule has 0 aliphatic carbocycles. The zero-order chi connectivity index (χ0) is 28.7. The summed E-state index contributed by atoms with van der Waals surface area (Å²) in [6.45, 7) is 4.97. The van der Waals surface area contributed by atoms with Gasteiger partial charge in [-0.1, -0.05) is 0 Å². The maximum Gasteiger partial charge on any atom is 0.408 e. The minimum atomic E-state index is -4.12. The molecule has 1 unspecified atom stereocenters. The van der Waals surface area contributed by atoms with Gasteiger partial charge in [-0.05, 0) is 63.2 Å². The Labute approximate surface area is 222 Å². The lowest BCUT2D eigenvalue weighted by atomic mass is 10.00. The molecular formula is C26H27FN4O7S. The summed E-state index contributed by atoms with van der Waals surface area (Å²) < 4.78 is 46.5. The van der Waals surface area contributed by atoms with Crippen molar-refractivity contribution >= 4 is 49.6 Å². The predicted octanol–water partition coefficient (Wildman–Crippen LogP) is 4.01. The number of amides is 1. The number of aliphatic carboxylic acids is 1. The molecule has 2 heterocycles. The minimum Gasteiger partial charge on any atom is -0.481 e. The highest BCUT2D eigenvalue weighted by atomic mass is 32.2. The average Bonchev–Trinajstić information content (AvgIpc) is 3.28. The fourth-order valence-electron chi connectivity index (χ4n) is 4.18. The third-order valence-electron chi connectivity index (χ3n) is 5.94. The number of halogens is 1. The number of nitrogens with zero attached hydrogens (tertiary/aromatic N) is 1. The SMILES string of the molecule is CN(c1ccc(F)cc1)S(=O)(=O)c1ccc2[nH]c(=O)c3[nH]cc(C(CC(=O)O)NC(=O)OC(C)(C)C)c3c2c1. The lowest BCUT2D eigenvalue weighted by molar-refractivity contribution is -0.137. The number of H-pyrrole nitrogens is 2. The fraction of sp³-hybridized carbons (Fsp3) is 0.269. The van der Waals surface area contributed by atoms with E-state index in [2.05, 4.69) is 15.3 Å². The monoisotopic (exact) mass is 558 g/mol. The number of aromatic amines is 2. The molecule has 0 spiro atoms. The topological polar surface area (TPSA) is 162 Å². The summed E-state index contributed by atoms with van der Waals surface area (Å²) >= 11 is 0. The molecular weight excluding hydrogens is 531 g/mol. The number of carbonyl (C=O) groups is 2. The standard InChI is InChI=1S/C26H27FN4O7S/c1-26(2,3)38-25(35)30-20(12-21(32)33)18-13-28-23-22(18)17-11-16(9-10-19(17)29-24(23)34)39(36,37)31(4)15-7-5-14(27)6-8-15/h5-11,13,20,28H,12H2,1-4H3,(H,29,34)(H,30,35)(H,32,33). The van der Waals surface area contributed by atoms with Crippen molar-refractivity contribution in [1.82, 2.24) is 15.3 Å². The van der Waals surface area contributed by atoms with Gasteiger partial charge < -0.3 is 25.1 Å². The first-order valence-corrected chi connectivity index (χ1v) is 13.2. The number of aromatic nitrogens is 2. The highest BCUT2D eigenvalue weighted by Crippen LogP contribution is 2.33. The van der Waals surface area contributed by atoms with E-state index in [9.17, 15) is 32.3 Å². The maximum absolute atomic E-state index is 13.4. The van der Waals surface area contributed by atoms with Gasteiger partial charge in [0, 0.05) is 35.1 Å². The number of carbonyl (C=O) groups excluding carboxylic acids is 1. The molecule has 0 saturated carbocycles. The Morgan fingerprint density at radius 2 is 1.82 bits per heavy atom. The number of benzene rings is 2. The molecule has 2 aromatic heterocycles. The van der Waals surface area contributed by atoms with E-state index in [4.69, 9.17) is 4.74 Å². The van der Waals surface area contributed by atoms with Crippen LogP contribution in [0.1, 0.15) is 38.8 Å². The number of hydrogen-bond acceptors (Lipinski definition) is 6. The van der Waals surface area contributed by atoms with Gasteiger partial charge in [0.1, 0.15) is 16.9 Å². The van der Waals surface area contributed by atoms with Gasteiger partial charge in [-0.2, -0.15) is 0 Å². The number of pyridine rings is 1. The molecule has 39 heavy (non-hydrogen) atoms. The highest BCUT2D eigenvalue weighted by Gasteiger charge is 2.27. The largest absolute Gasteiger partial charge is 0.481 e. The second-order valence-corrected chi connectivity index (χ2v) is 11.9. The van der Waals surface area contributed by atoms with Gasteiger partial charge >= 0.3 is 12.1 Å². The van der Waals surface area contributed by atoms with Gasteiger partial charge in [-0.3, -0.25) is 13.9 Å². The van der Waals surface area contributed by atoms with Crippen molar-refractivity contribution in [2.24, 2.45) is 0 Å². The molecule has 0 saturated heterocycles.